The Bertz CT molecular complexity index is 1390. The molecule has 0 aliphatic heterocycles. The highest BCUT2D eigenvalue weighted by atomic mass is 32.1. The number of aromatic nitrogens is 6. The topological polar surface area (TPSA) is 137 Å². The van der Waals surface area contributed by atoms with Crippen molar-refractivity contribution < 1.29 is 9.53 Å². The molecule has 0 spiro atoms. The van der Waals surface area contributed by atoms with E-state index in [2.05, 4.69) is 25.3 Å². The zero-order chi connectivity index (χ0) is 23.4. The number of aromatic amines is 1. The fourth-order valence-electron chi connectivity index (χ4n) is 3.37. The largest absolute Gasteiger partial charge is 0.453 e. The number of H-pyrrole nitrogens is 1. The van der Waals surface area contributed by atoms with Crippen LogP contribution in [0.4, 0.5) is 10.9 Å². The van der Waals surface area contributed by atoms with Crippen LogP contribution in [-0.2, 0) is 24.4 Å². The number of thiazole rings is 1. The van der Waals surface area contributed by atoms with E-state index in [1.54, 1.807) is 28.3 Å². The average Bonchev–Trinajstić information content (AvgIpc) is 3.43. The summed E-state index contributed by atoms with van der Waals surface area (Å²) in [6.45, 7) is 4.56. The molecule has 4 aromatic heterocycles. The Morgan fingerprint density at radius 2 is 2.06 bits per heavy atom. The van der Waals surface area contributed by atoms with Crippen LogP contribution in [0.25, 0.3) is 11.2 Å². The molecule has 2 N–H and O–H groups in total. The van der Waals surface area contributed by atoms with Gasteiger partial charge in [0, 0.05) is 24.7 Å². The molecule has 0 aliphatic carbocycles. The van der Waals surface area contributed by atoms with Crippen LogP contribution < -0.4 is 16.6 Å². The summed E-state index contributed by atoms with van der Waals surface area (Å²) in [7, 11) is 0. The maximum Gasteiger partial charge on any atom is 0.358 e. The summed E-state index contributed by atoms with van der Waals surface area (Å²) in [6.07, 6.45) is 3.30. The van der Waals surface area contributed by atoms with Crippen molar-refractivity contribution in [3.8, 4) is 0 Å². The van der Waals surface area contributed by atoms with E-state index in [0.29, 0.717) is 35.5 Å². The predicted octanol–water partition coefficient (Wildman–Crippen LogP) is 2.66. The van der Waals surface area contributed by atoms with E-state index in [-0.39, 0.29) is 17.8 Å². The summed E-state index contributed by atoms with van der Waals surface area (Å²) < 4.78 is 8.52. The van der Waals surface area contributed by atoms with Gasteiger partial charge in [-0.05, 0) is 25.5 Å². The molecule has 4 aromatic rings. The predicted molar refractivity (Wildman–Crippen MR) is 124 cm³/mol. The minimum atomic E-state index is -0.618. The molecule has 0 radical (unpaired) electrons. The van der Waals surface area contributed by atoms with Crippen LogP contribution in [0.3, 0.4) is 0 Å². The molecule has 0 atom stereocenters. The third-order valence-corrected chi connectivity index (χ3v) is 5.72. The molecular formula is C21H23N7O4S. The van der Waals surface area contributed by atoms with E-state index in [1.165, 1.54) is 15.9 Å². The lowest BCUT2D eigenvalue weighted by Gasteiger charge is -2.06. The number of hydrogen-bond acceptors (Lipinski definition) is 9. The van der Waals surface area contributed by atoms with E-state index in [4.69, 9.17) is 4.74 Å². The van der Waals surface area contributed by atoms with Crippen LogP contribution in [0.1, 0.15) is 43.0 Å². The van der Waals surface area contributed by atoms with Crippen LogP contribution in [0.5, 0.6) is 0 Å². The number of esters is 1. The van der Waals surface area contributed by atoms with Gasteiger partial charge in [0.05, 0.1) is 0 Å². The second kappa shape index (κ2) is 9.77. The van der Waals surface area contributed by atoms with Gasteiger partial charge in [-0.15, -0.1) is 11.3 Å². The number of carbonyl (C=O) groups is 1. The number of aryl methyl sites for hydroxylation is 2. The van der Waals surface area contributed by atoms with Crippen LogP contribution in [0, 0.1) is 0 Å². The first-order valence-electron chi connectivity index (χ1n) is 10.5. The Hall–Kier alpha value is -3.80. The van der Waals surface area contributed by atoms with E-state index >= 15 is 0 Å². The number of fused-ring (bicyclic) bond motifs is 1. The summed E-state index contributed by atoms with van der Waals surface area (Å²) in [6, 6.07) is 5.43. The van der Waals surface area contributed by atoms with Gasteiger partial charge in [-0.1, -0.05) is 19.4 Å². The molecule has 4 heterocycles. The van der Waals surface area contributed by atoms with E-state index in [0.717, 1.165) is 12.8 Å². The van der Waals surface area contributed by atoms with E-state index in [1.807, 2.05) is 19.9 Å². The summed E-state index contributed by atoms with van der Waals surface area (Å²) >= 11 is 1.25. The molecule has 11 nitrogen and oxygen atoms in total. The maximum absolute atomic E-state index is 12.5. The first-order chi connectivity index (χ1) is 16.0. The number of nitrogens with one attached hydrogen (secondary N) is 2. The third-order valence-electron chi connectivity index (χ3n) is 4.96. The monoisotopic (exact) mass is 469 g/mol. The third kappa shape index (κ3) is 4.70. The Morgan fingerprint density at radius 3 is 2.79 bits per heavy atom. The van der Waals surface area contributed by atoms with Crippen molar-refractivity contribution in [3.63, 3.8) is 0 Å². The Balaban J connectivity index is 1.54. The summed E-state index contributed by atoms with van der Waals surface area (Å²) in [5.41, 5.74) is -0.286. The van der Waals surface area contributed by atoms with Crippen LogP contribution in [0.2, 0.25) is 0 Å². The molecule has 0 saturated heterocycles. The lowest BCUT2D eigenvalue weighted by molar-refractivity contribution is 0.0453. The summed E-state index contributed by atoms with van der Waals surface area (Å²) in [5, 5.41) is 5.12. The van der Waals surface area contributed by atoms with Gasteiger partial charge in [-0.3, -0.25) is 14.3 Å². The normalized spacial score (nSPS) is 11.1. The number of unbranched alkanes of at least 4 members (excludes halogenated alkanes) is 1. The van der Waals surface area contributed by atoms with Crippen molar-refractivity contribution in [2.24, 2.45) is 0 Å². The standard InChI is InChI=1S/C21H23N7O4S/c1-3-5-10-28-17-16(18(29)26-21(28)31)27(4-2)15(25-17)11-32-19(30)13-12-33-20(23-13)24-14-8-6-7-9-22-14/h6-9,12H,3-5,10-11H2,1-2H3,(H,22,23,24)(H,26,29,31). The van der Waals surface area contributed by atoms with E-state index < -0.39 is 17.2 Å². The molecule has 172 valence electrons. The van der Waals surface area contributed by atoms with Gasteiger partial charge < -0.3 is 14.6 Å². The SMILES string of the molecule is CCCCn1c(=O)[nH]c(=O)c2c1nc(COC(=O)c1csc(Nc3ccccn3)n1)n2CC. The Kier molecular flexibility index (Phi) is 6.63. The molecule has 0 saturated carbocycles. The van der Waals surface area contributed by atoms with Gasteiger partial charge in [-0.25, -0.2) is 24.5 Å². The number of anilines is 2. The second-order valence-corrected chi connectivity index (χ2v) is 8.02. The molecule has 0 bridgehead atoms. The smallest absolute Gasteiger partial charge is 0.358 e. The first kappa shape index (κ1) is 22.4. The van der Waals surface area contributed by atoms with Crippen LogP contribution in [-0.4, -0.2) is 35.0 Å². The van der Waals surface area contributed by atoms with Crippen molar-refractivity contribution in [1.82, 2.24) is 29.1 Å². The number of ether oxygens (including phenoxy) is 1. The van der Waals surface area contributed by atoms with Gasteiger partial charge in [0.15, 0.2) is 22.0 Å². The number of pyridine rings is 1. The highest BCUT2D eigenvalue weighted by Gasteiger charge is 2.20. The molecule has 0 unspecified atom stereocenters. The minimum absolute atomic E-state index is 0.148. The van der Waals surface area contributed by atoms with Crippen molar-refractivity contribution >= 4 is 39.4 Å². The molecular weight excluding hydrogens is 446 g/mol. The molecule has 0 aliphatic rings. The van der Waals surface area contributed by atoms with Gasteiger partial charge in [0.25, 0.3) is 5.56 Å². The van der Waals surface area contributed by atoms with Crippen molar-refractivity contribution in [3.05, 3.63) is 62.1 Å². The lowest BCUT2D eigenvalue weighted by Crippen LogP contribution is -2.31. The molecule has 4 rings (SSSR count). The fraction of sp³-hybridized carbons (Fsp3) is 0.333. The Morgan fingerprint density at radius 1 is 1.21 bits per heavy atom. The van der Waals surface area contributed by atoms with Gasteiger partial charge in [0.1, 0.15) is 18.2 Å². The zero-order valence-electron chi connectivity index (χ0n) is 18.2. The lowest BCUT2D eigenvalue weighted by atomic mass is 10.3. The first-order valence-corrected chi connectivity index (χ1v) is 11.4. The molecule has 12 heteroatoms. The highest BCUT2D eigenvalue weighted by molar-refractivity contribution is 7.14. The molecule has 0 aromatic carbocycles. The minimum Gasteiger partial charge on any atom is -0.453 e. The van der Waals surface area contributed by atoms with E-state index in [9.17, 15) is 14.4 Å². The fourth-order valence-corrected chi connectivity index (χ4v) is 4.05. The number of nitrogens with zero attached hydrogens (tertiary/aromatic N) is 5. The molecule has 0 amide bonds. The zero-order valence-corrected chi connectivity index (χ0v) is 19.0. The second-order valence-electron chi connectivity index (χ2n) is 7.16. The van der Waals surface area contributed by atoms with Crippen molar-refractivity contribution in [2.75, 3.05) is 5.32 Å². The van der Waals surface area contributed by atoms with Gasteiger partial charge >= 0.3 is 11.7 Å². The average molecular weight is 470 g/mol. The highest BCUT2D eigenvalue weighted by Crippen LogP contribution is 2.20. The number of rotatable bonds is 9. The van der Waals surface area contributed by atoms with Crippen LogP contribution >= 0.6 is 11.3 Å². The quantitative estimate of drug-likeness (QED) is 0.357. The molecule has 0 fully saturated rings. The number of hydrogen-bond donors (Lipinski definition) is 2. The van der Waals surface area contributed by atoms with Crippen molar-refractivity contribution in [1.29, 1.82) is 0 Å². The van der Waals surface area contributed by atoms with Gasteiger partial charge in [-0.2, -0.15) is 0 Å². The number of imidazole rings is 1. The maximum atomic E-state index is 12.5. The molecule has 33 heavy (non-hydrogen) atoms. The van der Waals surface area contributed by atoms with Crippen molar-refractivity contribution in [2.45, 2.75) is 46.4 Å². The van der Waals surface area contributed by atoms with Crippen LogP contribution in [0.15, 0.2) is 39.4 Å². The van der Waals surface area contributed by atoms with Gasteiger partial charge in [0.2, 0.25) is 0 Å². The Labute approximate surface area is 192 Å². The summed E-state index contributed by atoms with van der Waals surface area (Å²) in [5.74, 6) is 0.374. The number of carbonyl (C=O) groups excluding carboxylic acids is 1. The summed E-state index contributed by atoms with van der Waals surface area (Å²) in [4.78, 5) is 52.6.